The quantitative estimate of drug-likeness (QED) is 0.0405. The van der Waals surface area contributed by atoms with Gasteiger partial charge in [-0.3, -0.25) is 29.2 Å². The standard InChI is InChI=1S/C26H42N10O7/c27-16(8-4-12-32-25(28)29)21(39)34-17(9-5-13-33-26(30)31)22(40)36-19(14-15-6-2-1-3-7-15)23(41)35-18(24(42)43)10-11-20(37)38/h1-3,6-7,16-19H,4-5,8-14,27H2,(H,34,39)(H,35,41)(H,36,40)(H,37,38)(H,42,43)(H4,28,29,32)(H4,30,31,33)/t16-,17-,18-,19-/m0/s1. The average molecular weight is 607 g/mol. The molecule has 0 aliphatic heterocycles. The highest BCUT2D eigenvalue weighted by atomic mass is 16.4. The van der Waals surface area contributed by atoms with Gasteiger partial charge in [0.2, 0.25) is 17.7 Å². The van der Waals surface area contributed by atoms with E-state index in [0.29, 0.717) is 12.0 Å². The van der Waals surface area contributed by atoms with Crippen LogP contribution in [-0.4, -0.2) is 89.0 Å². The lowest BCUT2D eigenvalue weighted by Gasteiger charge is -2.25. The van der Waals surface area contributed by atoms with Crippen molar-refractivity contribution in [2.75, 3.05) is 13.1 Å². The average Bonchev–Trinajstić information content (AvgIpc) is 2.94. The predicted molar refractivity (Wildman–Crippen MR) is 158 cm³/mol. The molecule has 0 aromatic heterocycles. The Morgan fingerprint density at radius 2 is 1.21 bits per heavy atom. The molecule has 0 spiro atoms. The number of rotatable bonds is 20. The molecule has 15 N–H and O–H groups in total. The third kappa shape index (κ3) is 15.6. The van der Waals surface area contributed by atoms with Crippen LogP contribution in [0.2, 0.25) is 0 Å². The minimum absolute atomic E-state index is 0.0251. The van der Waals surface area contributed by atoms with E-state index < -0.39 is 60.2 Å². The van der Waals surface area contributed by atoms with Crippen LogP contribution in [0.15, 0.2) is 40.3 Å². The molecule has 1 rings (SSSR count). The molecule has 0 unspecified atom stereocenters. The van der Waals surface area contributed by atoms with Crippen LogP contribution >= 0.6 is 0 Å². The summed E-state index contributed by atoms with van der Waals surface area (Å²) in [6, 6.07) is 3.70. The van der Waals surface area contributed by atoms with E-state index in [1.165, 1.54) is 0 Å². The van der Waals surface area contributed by atoms with Crippen LogP contribution in [0.5, 0.6) is 0 Å². The van der Waals surface area contributed by atoms with Crippen molar-refractivity contribution in [3.8, 4) is 0 Å². The van der Waals surface area contributed by atoms with Crippen LogP contribution in [0.4, 0.5) is 0 Å². The van der Waals surface area contributed by atoms with Crippen LogP contribution in [0.1, 0.15) is 44.1 Å². The van der Waals surface area contributed by atoms with E-state index in [-0.39, 0.29) is 57.1 Å². The van der Waals surface area contributed by atoms with Crippen molar-refractivity contribution in [2.24, 2.45) is 38.7 Å². The summed E-state index contributed by atoms with van der Waals surface area (Å²) in [5.74, 6) is -5.13. The molecule has 1 aromatic carbocycles. The van der Waals surface area contributed by atoms with Crippen molar-refractivity contribution in [3.05, 3.63) is 35.9 Å². The fourth-order valence-corrected chi connectivity index (χ4v) is 3.83. The lowest BCUT2D eigenvalue weighted by atomic mass is 10.0. The van der Waals surface area contributed by atoms with Crippen molar-refractivity contribution >= 4 is 41.6 Å². The van der Waals surface area contributed by atoms with Crippen molar-refractivity contribution in [3.63, 3.8) is 0 Å². The highest BCUT2D eigenvalue weighted by Crippen LogP contribution is 2.08. The normalized spacial score (nSPS) is 13.3. The Bertz CT molecular complexity index is 1140. The zero-order chi connectivity index (χ0) is 32.4. The SMILES string of the molecule is NC(N)=NCCC[C@H](NC(=O)[C@@H](N)CCCN=C(N)N)C(=O)N[C@@H](Cc1ccccc1)C(=O)N[C@@H](CCC(=O)O)C(=O)O. The Labute approximate surface area is 248 Å². The molecule has 1 aromatic rings. The lowest BCUT2D eigenvalue weighted by molar-refractivity contribution is -0.143. The molecular formula is C26H42N10O7. The van der Waals surface area contributed by atoms with Crippen LogP contribution in [-0.2, 0) is 30.4 Å². The fourth-order valence-electron chi connectivity index (χ4n) is 3.83. The molecule has 17 nitrogen and oxygen atoms in total. The van der Waals surface area contributed by atoms with E-state index in [2.05, 4.69) is 25.9 Å². The number of amides is 3. The molecule has 3 amide bonds. The molecule has 0 aliphatic rings. The minimum atomic E-state index is -1.51. The Morgan fingerprint density at radius 3 is 1.74 bits per heavy atom. The third-order valence-electron chi connectivity index (χ3n) is 6.06. The van der Waals surface area contributed by atoms with Crippen molar-refractivity contribution in [1.29, 1.82) is 0 Å². The van der Waals surface area contributed by atoms with Crippen LogP contribution in [0.25, 0.3) is 0 Å². The molecule has 0 radical (unpaired) electrons. The monoisotopic (exact) mass is 606 g/mol. The number of aliphatic carboxylic acids is 2. The summed E-state index contributed by atoms with van der Waals surface area (Å²) < 4.78 is 0. The first kappa shape index (κ1) is 36.1. The zero-order valence-corrected chi connectivity index (χ0v) is 23.8. The topological polar surface area (TPSA) is 317 Å². The first-order chi connectivity index (χ1) is 20.3. The summed E-state index contributed by atoms with van der Waals surface area (Å²) in [5.41, 5.74) is 27.9. The Hall–Kier alpha value is -4.93. The van der Waals surface area contributed by atoms with Crippen molar-refractivity contribution < 1.29 is 34.2 Å². The van der Waals surface area contributed by atoms with Gasteiger partial charge in [0, 0.05) is 25.9 Å². The molecular weight excluding hydrogens is 564 g/mol. The molecule has 4 atom stereocenters. The largest absolute Gasteiger partial charge is 0.481 e. The number of nitrogens with one attached hydrogen (secondary N) is 3. The van der Waals surface area contributed by atoms with E-state index in [1.54, 1.807) is 30.3 Å². The second kappa shape index (κ2) is 19.2. The van der Waals surface area contributed by atoms with Gasteiger partial charge in [-0.15, -0.1) is 0 Å². The van der Waals surface area contributed by atoms with Gasteiger partial charge in [0.1, 0.15) is 18.1 Å². The first-order valence-electron chi connectivity index (χ1n) is 13.6. The summed E-state index contributed by atoms with van der Waals surface area (Å²) >= 11 is 0. The number of hydrogen-bond acceptors (Lipinski definition) is 8. The molecule has 0 saturated heterocycles. The van der Waals surface area contributed by atoms with Gasteiger partial charge in [0.05, 0.1) is 6.04 Å². The Balaban J connectivity index is 3.12. The third-order valence-corrected chi connectivity index (χ3v) is 6.06. The van der Waals surface area contributed by atoms with Gasteiger partial charge in [-0.2, -0.15) is 0 Å². The van der Waals surface area contributed by atoms with Gasteiger partial charge in [0.25, 0.3) is 0 Å². The van der Waals surface area contributed by atoms with Gasteiger partial charge in [-0.05, 0) is 37.7 Å². The number of benzene rings is 1. The molecule has 238 valence electrons. The van der Waals surface area contributed by atoms with Crippen LogP contribution in [0.3, 0.4) is 0 Å². The fraction of sp³-hybridized carbons (Fsp3) is 0.500. The predicted octanol–water partition coefficient (Wildman–Crippen LogP) is -2.93. The van der Waals surface area contributed by atoms with Crippen LogP contribution < -0.4 is 44.6 Å². The van der Waals surface area contributed by atoms with E-state index >= 15 is 0 Å². The summed E-state index contributed by atoms with van der Waals surface area (Å²) in [6.07, 6.45) is 0.0856. The molecule has 0 saturated carbocycles. The maximum Gasteiger partial charge on any atom is 0.326 e. The number of hydrogen-bond donors (Lipinski definition) is 10. The van der Waals surface area contributed by atoms with Gasteiger partial charge >= 0.3 is 11.9 Å². The van der Waals surface area contributed by atoms with Crippen molar-refractivity contribution in [1.82, 2.24) is 16.0 Å². The van der Waals surface area contributed by atoms with E-state index in [1.807, 2.05) is 0 Å². The lowest BCUT2D eigenvalue weighted by Crippen LogP contribution is -2.57. The minimum Gasteiger partial charge on any atom is -0.481 e. The number of nitrogens with zero attached hydrogens (tertiary/aromatic N) is 2. The maximum absolute atomic E-state index is 13.4. The van der Waals surface area contributed by atoms with Gasteiger partial charge in [0.15, 0.2) is 11.9 Å². The molecule has 43 heavy (non-hydrogen) atoms. The number of carbonyl (C=O) groups is 5. The van der Waals surface area contributed by atoms with Gasteiger partial charge < -0.3 is 54.8 Å². The molecule has 0 aliphatic carbocycles. The number of carbonyl (C=O) groups excluding carboxylic acids is 3. The van der Waals surface area contributed by atoms with Gasteiger partial charge in [-0.1, -0.05) is 30.3 Å². The summed E-state index contributed by atoms with van der Waals surface area (Å²) in [7, 11) is 0. The van der Waals surface area contributed by atoms with Gasteiger partial charge in [-0.25, -0.2) is 4.79 Å². The second-order valence-electron chi connectivity index (χ2n) is 9.65. The Kier molecular flexibility index (Phi) is 16.1. The van der Waals surface area contributed by atoms with E-state index in [0.717, 1.165) is 0 Å². The van der Waals surface area contributed by atoms with E-state index in [4.69, 9.17) is 33.8 Å². The molecule has 0 fully saturated rings. The first-order valence-corrected chi connectivity index (χ1v) is 13.6. The molecule has 0 bridgehead atoms. The number of carboxylic acid groups (broad SMARTS) is 2. The number of carboxylic acids is 2. The summed E-state index contributed by atoms with van der Waals surface area (Å²) in [5, 5.41) is 25.9. The second-order valence-corrected chi connectivity index (χ2v) is 9.65. The highest BCUT2D eigenvalue weighted by Gasteiger charge is 2.30. The summed E-state index contributed by atoms with van der Waals surface area (Å²) in [6.45, 7) is 0.413. The molecule has 17 heteroatoms. The number of nitrogens with two attached hydrogens (primary N) is 5. The zero-order valence-electron chi connectivity index (χ0n) is 23.8. The van der Waals surface area contributed by atoms with Crippen LogP contribution in [0, 0.1) is 0 Å². The smallest absolute Gasteiger partial charge is 0.326 e. The molecule has 0 heterocycles. The van der Waals surface area contributed by atoms with E-state index in [9.17, 15) is 29.1 Å². The highest BCUT2D eigenvalue weighted by molar-refractivity contribution is 5.94. The number of aliphatic imine (C=N–C) groups is 2. The Morgan fingerprint density at radius 1 is 0.698 bits per heavy atom. The summed E-state index contributed by atoms with van der Waals surface area (Å²) in [4.78, 5) is 69.8. The van der Waals surface area contributed by atoms with Crippen molar-refractivity contribution in [2.45, 2.75) is 69.1 Å². The number of guanidine groups is 2. The maximum atomic E-state index is 13.4.